The number of halogens is 3. The van der Waals surface area contributed by atoms with Gasteiger partial charge < -0.3 is 0 Å². The summed E-state index contributed by atoms with van der Waals surface area (Å²) >= 11 is 1.31. The van der Waals surface area contributed by atoms with Gasteiger partial charge in [-0.3, -0.25) is 0 Å². The largest absolute Gasteiger partial charge is 0.402 e. The summed E-state index contributed by atoms with van der Waals surface area (Å²) in [5.74, 6) is 0. The number of rotatable bonds is 5. The van der Waals surface area contributed by atoms with Crippen LogP contribution in [0.5, 0.6) is 0 Å². The highest BCUT2D eigenvalue weighted by Crippen LogP contribution is 2.25. The van der Waals surface area contributed by atoms with Crippen LogP contribution in [0.2, 0.25) is 0 Å². The molecule has 2 aromatic rings. The number of aryl methyl sites for hydroxylation is 1. The van der Waals surface area contributed by atoms with Crippen molar-refractivity contribution in [1.29, 1.82) is 0 Å². The van der Waals surface area contributed by atoms with Gasteiger partial charge in [-0.15, -0.1) is 0 Å². The molecule has 3 nitrogen and oxygen atoms in total. The van der Waals surface area contributed by atoms with Crippen molar-refractivity contribution in [2.45, 2.75) is 24.5 Å². The van der Waals surface area contributed by atoms with Crippen LogP contribution in [0.4, 0.5) is 13.2 Å². The third-order valence-corrected chi connectivity index (χ3v) is 5.44. The minimum atomic E-state index is -4.60. The normalized spacial score (nSPS) is 12.8. The number of hydrogen-bond acceptors (Lipinski definition) is 3. The van der Waals surface area contributed by atoms with E-state index in [9.17, 15) is 21.6 Å². The van der Waals surface area contributed by atoms with Crippen molar-refractivity contribution >= 4 is 21.4 Å². The first-order valence-electron chi connectivity index (χ1n) is 6.33. The van der Waals surface area contributed by atoms with Gasteiger partial charge in [-0.2, -0.15) is 28.8 Å². The molecule has 1 heterocycles. The van der Waals surface area contributed by atoms with Gasteiger partial charge >= 0.3 is 6.18 Å². The molecular formula is C14H14F3NO2S2. The van der Waals surface area contributed by atoms with E-state index in [1.807, 2.05) is 0 Å². The van der Waals surface area contributed by atoms with E-state index in [2.05, 4.69) is 0 Å². The molecule has 0 fully saturated rings. The maximum absolute atomic E-state index is 12.8. The molecule has 0 aliphatic carbocycles. The molecule has 0 bridgehead atoms. The molecule has 0 aliphatic rings. The van der Waals surface area contributed by atoms with Crippen molar-refractivity contribution < 1.29 is 21.6 Å². The van der Waals surface area contributed by atoms with Gasteiger partial charge in [0.05, 0.1) is 4.90 Å². The highest BCUT2D eigenvalue weighted by atomic mass is 32.2. The molecule has 22 heavy (non-hydrogen) atoms. The van der Waals surface area contributed by atoms with Crippen molar-refractivity contribution in [2.24, 2.45) is 0 Å². The number of nitrogens with zero attached hydrogens (tertiary/aromatic N) is 1. The lowest BCUT2D eigenvalue weighted by Crippen LogP contribution is -2.38. The van der Waals surface area contributed by atoms with E-state index in [-0.39, 0.29) is 11.4 Å². The molecule has 0 N–H and O–H groups in total. The van der Waals surface area contributed by atoms with E-state index >= 15 is 0 Å². The lowest BCUT2D eigenvalue weighted by atomic mass is 10.2. The number of thiophene rings is 1. The van der Waals surface area contributed by atoms with Crippen LogP contribution >= 0.6 is 11.3 Å². The van der Waals surface area contributed by atoms with Gasteiger partial charge in [-0.1, -0.05) is 12.1 Å². The smallest absolute Gasteiger partial charge is 0.207 e. The third-order valence-electron chi connectivity index (χ3n) is 2.92. The van der Waals surface area contributed by atoms with Crippen molar-refractivity contribution in [3.63, 3.8) is 0 Å². The Morgan fingerprint density at radius 3 is 2.50 bits per heavy atom. The van der Waals surface area contributed by atoms with Crippen molar-refractivity contribution in [3.05, 3.63) is 52.2 Å². The van der Waals surface area contributed by atoms with Gasteiger partial charge in [-0.05, 0) is 47.0 Å². The third kappa shape index (κ3) is 4.31. The number of sulfonamides is 1. The van der Waals surface area contributed by atoms with E-state index in [1.54, 1.807) is 29.8 Å². The van der Waals surface area contributed by atoms with Crippen molar-refractivity contribution in [1.82, 2.24) is 4.31 Å². The fourth-order valence-electron chi connectivity index (χ4n) is 1.94. The number of alkyl halides is 3. The van der Waals surface area contributed by atoms with Crippen LogP contribution in [-0.2, 0) is 16.6 Å². The summed E-state index contributed by atoms with van der Waals surface area (Å²) in [5, 5.41) is 3.33. The Bertz CT molecular complexity index is 725. The molecule has 0 radical (unpaired) electrons. The van der Waals surface area contributed by atoms with Crippen LogP contribution in [0.15, 0.2) is 46.0 Å². The minimum Gasteiger partial charge on any atom is -0.207 e. The topological polar surface area (TPSA) is 37.4 Å². The predicted octanol–water partition coefficient (Wildman–Crippen LogP) is 3.81. The molecule has 0 saturated heterocycles. The molecule has 0 aliphatic heterocycles. The van der Waals surface area contributed by atoms with Crippen molar-refractivity contribution in [3.8, 4) is 0 Å². The highest BCUT2D eigenvalue weighted by Gasteiger charge is 2.37. The van der Waals surface area contributed by atoms with Gasteiger partial charge in [0.15, 0.2) is 0 Å². The summed E-state index contributed by atoms with van der Waals surface area (Å²) in [7, 11) is -4.21. The lowest BCUT2D eigenvalue weighted by molar-refractivity contribution is -0.136. The van der Waals surface area contributed by atoms with Gasteiger partial charge in [0.25, 0.3) is 0 Å². The Balaban J connectivity index is 2.38. The fourth-order valence-corrected chi connectivity index (χ4v) is 4.12. The molecule has 1 aromatic carbocycles. The SMILES string of the molecule is Cc1cccc(S(=O)(=O)N(Cc2ccsc2)CC(F)(F)F)c1. The van der Waals surface area contributed by atoms with Crippen LogP contribution in [0.3, 0.4) is 0 Å². The highest BCUT2D eigenvalue weighted by molar-refractivity contribution is 7.89. The van der Waals surface area contributed by atoms with E-state index < -0.39 is 22.7 Å². The molecule has 0 amide bonds. The second-order valence-electron chi connectivity index (χ2n) is 4.84. The maximum Gasteiger partial charge on any atom is 0.402 e. The molecule has 120 valence electrons. The minimum absolute atomic E-state index is 0.132. The first-order chi connectivity index (χ1) is 10.2. The first kappa shape index (κ1) is 17.0. The monoisotopic (exact) mass is 349 g/mol. The van der Waals surface area contributed by atoms with Gasteiger partial charge in [0.2, 0.25) is 10.0 Å². The fraction of sp³-hybridized carbons (Fsp3) is 0.286. The van der Waals surface area contributed by atoms with Crippen LogP contribution in [0.1, 0.15) is 11.1 Å². The number of benzene rings is 1. The summed E-state index contributed by atoms with van der Waals surface area (Å²) in [5.41, 5.74) is 1.20. The zero-order valence-electron chi connectivity index (χ0n) is 11.7. The average molecular weight is 349 g/mol. The van der Waals surface area contributed by atoms with E-state index in [0.717, 1.165) is 0 Å². The molecule has 8 heteroatoms. The molecular weight excluding hydrogens is 335 g/mol. The molecule has 1 aromatic heterocycles. The summed E-state index contributed by atoms with van der Waals surface area (Å²) in [6.07, 6.45) is -4.60. The number of hydrogen-bond donors (Lipinski definition) is 0. The van der Waals surface area contributed by atoms with E-state index in [4.69, 9.17) is 0 Å². The summed E-state index contributed by atoms with van der Waals surface area (Å²) in [6.45, 7) is -0.135. The standard InChI is InChI=1S/C14H14F3NO2S2/c1-11-3-2-4-13(7-11)22(19,20)18(10-14(15,16)17)8-12-5-6-21-9-12/h2-7,9H,8,10H2,1H3. The van der Waals surface area contributed by atoms with Gasteiger partial charge in [0, 0.05) is 6.54 Å². The first-order valence-corrected chi connectivity index (χ1v) is 8.71. The Labute approximate surface area is 131 Å². The Kier molecular flexibility index (Phi) is 4.93. The quantitative estimate of drug-likeness (QED) is 0.823. The van der Waals surface area contributed by atoms with Crippen LogP contribution in [0.25, 0.3) is 0 Å². The Morgan fingerprint density at radius 2 is 1.95 bits per heavy atom. The average Bonchev–Trinajstić information content (AvgIpc) is 2.89. The summed E-state index contributed by atoms with van der Waals surface area (Å²) in [4.78, 5) is -0.132. The molecule has 2 rings (SSSR count). The maximum atomic E-state index is 12.8. The van der Waals surface area contributed by atoms with Crippen molar-refractivity contribution in [2.75, 3.05) is 6.54 Å². The molecule has 0 atom stereocenters. The van der Waals surface area contributed by atoms with Crippen LogP contribution in [0, 0.1) is 6.92 Å². The zero-order chi connectivity index (χ0) is 16.4. The van der Waals surface area contributed by atoms with Crippen LogP contribution < -0.4 is 0 Å². The summed E-state index contributed by atoms with van der Waals surface area (Å²) < 4.78 is 63.8. The molecule has 0 spiro atoms. The van der Waals surface area contributed by atoms with Gasteiger partial charge in [-0.25, -0.2) is 8.42 Å². The molecule has 0 unspecified atom stereocenters. The van der Waals surface area contributed by atoms with Gasteiger partial charge in [0.1, 0.15) is 6.54 Å². The van der Waals surface area contributed by atoms with E-state index in [1.165, 1.54) is 29.5 Å². The predicted molar refractivity (Wildman–Crippen MR) is 79.1 cm³/mol. The Hall–Kier alpha value is -1.38. The second-order valence-corrected chi connectivity index (χ2v) is 7.55. The van der Waals surface area contributed by atoms with Crippen LogP contribution in [-0.4, -0.2) is 25.4 Å². The zero-order valence-corrected chi connectivity index (χ0v) is 13.3. The Morgan fingerprint density at radius 1 is 1.23 bits per heavy atom. The second kappa shape index (κ2) is 6.39. The van der Waals surface area contributed by atoms with E-state index in [0.29, 0.717) is 15.4 Å². The lowest BCUT2D eigenvalue weighted by Gasteiger charge is -2.23. The molecule has 0 saturated carbocycles. The summed E-state index contributed by atoms with van der Waals surface area (Å²) in [6, 6.07) is 7.48.